The second kappa shape index (κ2) is 6.94. The van der Waals surface area contributed by atoms with Gasteiger partial charge in [0.05, 0.1) is 13.2 Å². The van der Waals surface area contributed by atoms with Gasteiger partial charge in [-0.05, 0) is 25.8 Å². The highest BCUT2D eigenvalue weighted by molar-refractivity contribution is 5.77. The van der Waals surface area contributed by atoms with Gasteiger partial charge in [0.15, 0.2) is 0 Å². The summed E-state index contributed by atoms with van der Waals surface area (Å²) >= 11 is 0. The first-order chi connectivity index (χ1) is 10.0. The first kappa shape index (κ1) is 15.8. The quantitative estimate of drug-likeness (QED) is 0.876. The molecule has 4 nitrogen and oxygen atoms in total. The van der Waals surface area contributed by atoms with Crippen molar-refractivity contribution in [1.29, 1.82) is 0 Å². The number of nitrogens with one attached hydrogen (secondary N) is 1. The molecule has 3 N–H and O–H groups in total. The molecule has 1 aliphatic carbocycles. The van der Waals surface area contributed by atoms with Gasteiger partial charge < -0.3 is 15.8 Å². The summed E-state index contributed by atoms with van der Waals surface area (Å²) in [6.07, 6.45) is 5.80. The van der Waals surface area contributed by atoms with E-state index >= 15 is 0 Å². The van der Waals surface area contributed by atoms with Crippen LogP contribution in [0.2, 0.25) is 0 Å². The van der Waals surface area contributed by atoms with Crippen LogP contribution in [0.3, 0.4) is 0 Å². The molecule has 1 fully saturated rings. The van der Waals surface area contributed by atoms with E-state index in [-0.39, 0.29) is 17.5 Å². The van der Waals surface area contributed by atoms with Crippen LogP contribution in [0.25, 0.3) is 0 Å². The number of nitrogens with two attached hydrogens (primary N) is 1. The molecular weight excluding hydrogens is 264 g/mol. The van der Waals surface area contributed by atoms with Gasteiger partial charge in [-0.1, -0.05) is 37.5 Å². The number of rotatable bonds is 5. The molecule has 1 aromatic rings. The summed E-state index contributed by atoms with van der Waals surface area (Å²) < 4.78 is 5.34. The molecule has 116 valence electrons. The number of hydrogen-bond donors (Lipinski definition) is 2. The molecule has 0 bridgehead atoms. The van der Waals surface area contributed by atoms with Crippen molar-refractivity contribution in [3.63, 3.8) is 0 Å². The number of hydrogen-bond acceptors (Lipinski definition) is 3. The van der Waals surface area contributed by atoms with Crippen LogP contribution >= 0.6 is 0 Å². The van der Waals surface area contributed by atoms with Gasteiger partial charge >= 0.3 is 0 Å². The molecule has 1 amide bonds. The molecule has 1 saturated carbocycles. The van der Waals surface area contributed by atoms with Crippen molar-refractivity contribution in [2.75, 3.05) is 7.11 Å². The lowest BCUT2D eigenvalue weighted by Crippen LogP contribution is -2.46. The molecule has 21 heavy (non-hydrogen) atoms. The van der Waals surface area contributed by atoms with E-state index in [9.17, 15) is 4.79 Å². The highest BCUT2D eigenvalue weighted by Gasteiger charge is 2.30. The number of carbonyl (C=O) groups excluding carboxylic acids is 1. The van der Waals surface area contributed by atoms with Crippen LogP contribution in [0, 0.1) is 0 Å². The second-order valence-electron chi connectivity index (χ2n) is 6.13. The number of carbonyl (C=O) groups is 1. The summed E-state index contributed by atoms with van der Waals surface area (Å²) in [5, 5.41) is 3.04. The Bertz CT molecular complexity index is 481. The molecule has 4 heteroatoms. The summed E-state index contributed by atoms with van der Waals surface area (Å²) in [5.41, 5.74) is 7.02. The van der Waals surface area contributed by atoms with Gasteiger partial charge in [-0.25, -0.2) is 0 Å². The van der Waals surface area contributed by atoms with Crippen LogP contribution in [0.5, 0.6) is 5.75 Å². The van der Waals surface area contributed by atoms with Crippen LogP contribution in [0.4, 0.5) is 0 Å². The fraction of sp³-hybridized carbons (Fsp3) is 0.588. The predicted octanol–water partition coefficient (Wildman–Crippen LogP) is 2.92. The average Bonchev–Trinajstić information content (AvgIpc) is 2.47. The third-order valence-corrected chi connectivity index (χ3v) is 4.34. The third-order valence-electron chi connectivity index (χ3n) is 4.34. The van der Waals surface area contributed by atoms with Crippen LogP contribution < -0.4 is 15.8 Å². The minimum absolute atomic E-state index is 0.0257. The standard InChI is InChI=1S/C17H26N2O2/c1-13(14-8-4-5-9-15(14)21-2)19-16(20)12-17(18)10-6-3-7-11-17/h4-5,8-9,13H,3,6-7,10-12,18H2,1-2H3,(H,19,20)/t13-/m0/s1. The molecule has 1 atom stereocenters. The van der Waals surface area contributed by atoms with Gasteiger partial charge in [0.1, 0.15) is 5.75 Å². The summed E-state index contributed by atoms with van der Waals surface area (Å²) in [6, 6.07) is 7.67. The van der Waals surface area contributed by atoms with Gasteiger partial charge in [-0.3, -0.25) is 4.79 Å². The number of para-hydroxylation sites is 1. The summed E-state index contributed by atoms with van der Waals surface area (Å²) in [7, 11) is 1.64. The zero-order valence-corrected chi connectivity index (χ0v) is 13.0. The maximum atomic E-state index is 12.3. The Morgan fingerprint density at radius 1 is 1.33 bits per heavy atom. The number of amides is 1. The van der Waals surface area contributed by atoms with Crippen molar-refractivity contribution < 1.29 is 9.53 Å². The molecule has 1 aromatic carbocycles. The Labute approximate surface area is 127 Å². The Morgan fingerprint density at radius 2 is 2.00 bits per heavy atom. The van der Waals surface area contributed by atoms with Gasteiger partial charge in [0.25, 0.3) is 0 Å². The molecule has 0 saturated heterocycles. The Kier molecular flexibility index (Phi) is 5.23. The van der Waals surface area contributed by atoms with E-state index in [0.29, 0.717) is 6.42 Å². The normalized spacial score (nSPS) is 18.8. The molecule has 1 aliphatic rings. The van der Waals surface area contributed by atoms with Crippen LogP contribution in [-0.2, 0) is 4.79 Å². The fourth-order valence-corrected chi connectivity index (χ4v) is 3.15. The van der Waals surface area contributed by atoms with E-state index in [0.717, 1.165) is 37.0 Å². The maximum absolute atomic E-state index is 12.3. The van der Waals surface area contributed by atoms with Crippen molar-refractivity contribution in [2.45, 2.75) is 57.0 Å². The highest BCUT2D eigenvalue weighted by atomic mass is 16.5. The lowest BCUT2D eigenvalue weighted by atomic mass is 9.80. The van der Waals surface area contributed by atoms with Gasteiger partial charge in [-0.2, -0.15) is 0 Å². The van der Waals surface area contributed by atoms with E-state index in [2.05, 4.69) is 5.32 Å². The van der Waals surface area contributed by atoms with Crippen molar-refractivity contribution in [1.82, 2.24) is 5.32 Å². The maximum Gasteiger partial charge on any atom is 0.222 e. The molecular formula is C17H26N2O2. The lowest BCUT2D eigenvalue weighted by molar-refractivity contribution is -0.123. The minimum atomic E-state index is -0.317. The smallest absolute Gasteiger partial charge is 0.222 e. The van der Waals surface area contributed by atoms with Crippen molar-refractivity contribution >= 4 is 5.91 Å². The van der Waals surface area contributed by atoms with E-state index in [1.54, 1.807) is 7.11 Å². The Balaban J connectivity index is 1.95. The van der Waals surface area contributed by atoms with E-state index in [4.69, 9.17) is 10.5 Å². The van der Waals surface area contributed by atoms with Crippen LogP contribution in [-0.4, -0.2) is 18.6 Å². The molecule has 0 unspecified atom stereocenters. The topological polar surface area (TPSA) is 64.3 Å². The summed E-state index contributed by atoms with van der Waals surface area (Å²) in [4.78, 5) is 12.3. The first-order valence-electron chi connectivity index (χ1n) is 7.75. The molecule has 0 radical (unpaired) electrons. The monoisotopic (exact) mass is 290 g/mol. The Hall–Kier alpha value is -1.55. The van der Waals surface area contributed by atoms with Crippen molar-refractivity contribution in [3.05, 3.63) is 29.8 Å². The van der Waals surface area contributed by atoms with E-state index in [1.165, 1.54) is 6.42 Å². The summed E-state index contributed by atoms with van der Waals surface area (Å²) in [6.45, 7) is 1.97. The van der Waals surface area contributed by atoms with Gasteiger partial charge in [0, 0.05) is 17.5 Å². The third kappa shape index (κ3) is 4.21. The van der Waals surface area contributed by atoms with Crippen molar-refractivity contribution in [2.24, 2.45) is 5.73 Å². The van der Waals surface area contributed by atoms with Crippen LogP contribution in [0.1, 0.15) is 57.1 Å². The minimum Gasteiger partial charge on any atom is -0.496 e. The molecule has 0 aromatic heterocycles. The molecule has 0 heterocycles. The zero-order chi connectivity index (χ0) is 15.3. The van der Waals surface area contributed by atoms with Gasteiger partial charge in [0.2, 0.25) is 5.91 Å². The molecule has 2 rings (SSSR count). The molecule has 0 aliphatic heterocycles. The highest BCUT2D eigenvalue weighted by Crippen LogP contribution is 2.29. The first-order valence-corrected chi connectivity index (χ1v) is 7.75. The largest absolute Gasteiger partial charge is 0.496 e. The van der Waals surface area contributed by atoms with E-state index < -0.39 is 0 Å². The van der Waals surface area contributed by atoms with Crippen LogP contribution in [0.15, 0.2) is 24.3 Å². The lowest BCUT2D eigenvalue weighted by Gasteiger charge is -2.33. The number of benzene rings is 1. The fourth-order valence-electron chi connectivity index (χ4n) is 3.15. The number of methoxy groups -OCH3 is 1. The SMILES string of the molecule is COc1ccccc1[C@H](C)NC(=O)CC1(N)CCCCC1. The van der Waals surface area contributed by atoms with Gasteiger partial charge in [-0.15, -0.1) is 0 Å². The average molecular weight is 290 g/mol. The predicted molar refractivity (Wildman–Crippen MR) is 84.2 cm³/mol. The summed E-state index contributed by atoms with van der Waals surface area (Å²) in [5.74, 6) is 0.822. The number of ether oxygens (including phenoxy) is 1. The van der Waals surface area contributed by atoms with E-state index in [1.807, 2.05) is 31.2 Å². The zero-order valence-electron chi connectivity index (χ0n) is 13.0. The second-order valence-corrected chi connectivity index (χ2v) is 6.13. The molecule has 0 spiro atoms. The Morgan fingerprint density at radius 3 is 2.67 bits per heavy atom. The van der Waals surface area contributed by atoms with Crippen molar-refractivity contribution in [3.8, 4) is 5.75 Å².